The van der Waals surface area contributed by atoms with Crippen molar-refractivity contribution in [1.82, 2.24) is 4.98 Å². The Labute approximate surface area is 78.3 Å². The fraction of sp³-hybridized carbons (Fsp3) is 0.167. The van der Waals surface area contributed by atoms with Gasteiger partial charge >= 0.3 is 0 Å². The lowest BCUT2D eigenvalue weighted by Crippen LogP contribution is -2.00. The highest BCUT2D eigenvalue weighted by atomic mass is 35.5. The molecule has 64 valence electrons. The van der Waals surface area contributed by atoms with Crippen molar-refractivity contribution in [3.8, 4) is 0 Å². The van der Waals surface area contributed by atoms with E-state index in [4.69, 9.17) is 23.2 Å². The van der Waals surface area contributed by atoms with Crippen molar-refractivity contribution >= 4 is 23.2 Å². The number of nitrogens with zero attached hydrogens (tertiary/aromatic N) is 2. The van der Waals surface area contributed by atoms with Crippen molar-refractivity contribution in [1.29, 1.82) is 0 Å². The summed E-state index contributed by atoms with van der Waals surface area (Å²) in [6.45, 7) is -0.375. The van der Waals surface area contributed by atoms with Crippen molar-refractivity contribution < 1.29 is 4.92 Å². The van der Waals surface area contributed by atoms with Gasteiger partial charge in [0.25, 0.3) is 0 Å². The Bertz CT molecular complexity index is 296. The third kappa shape index (κ3) is 2.06. The van der Waals surface area contributed by atoms with E-state index in [1.165, 1.54) is 12.4 Å². The molecule has 0 saturated heterocycles. The Hall–Kier alpha value is -0.870. The van der Waals surface area contributed by atoms with Crippen LogP contribution in [0.1, 0.15) is 5.56 Å². The molecule has 4 nitrogen and oxygen atoms in total. The van der Waals surface area contributed by atoms with Gasteiger partial charge in [-0.25, -0.2) is 0 Å². The highest BCUT2D eigenvalue weighted by molar-refractivity contribution is 6.35. The molecular weight excluding hydrogens is 203 g/mol. The maximum atomic E-state index is 10.1. The van der Waals surface area contributed by atoms with Crippen LogP contribution in [0.25, 0.3) is 0 Å². The van der Waals surface area contributed by atoms with Crippen LogP contribution < -0.4 is 0 Å². The summed E-state index contributed by atoms with van der Waals surface area (Å²) < 4.78 is 0. The van der Waals surface area contributed by atoms with Crippen LogP contribution in [0.2, 0.25) is 10.0 Å². The topological polar surface area (TPSA) is 56.0 Å². The molecular formula is C6H4Cl2N2O2. The van der Waals surface area contributed by atoms with Gasteiger partial charge in [0, 0.05) is 17.3 Å². The molecule has 0 bridgehead atoms. The molecule has 1 heterocycles. The molecule has 0 aromatic carbocycles. The molecule has 12 heavy (non-hydrogen) atoms. The van der Waals surface area contributed by atoms with E-state index in [1.54, 1.807) is 0 Å². The predicted molar refractivity (Wildman–Crippen MR) is 45.0 cm³/mol. The lowest BCUT2D eigenvalue weighted by molar-refractivity contribution is -0.496. The largest absolute Gasteiger partial charge is 0.264 e. The van der Waals surface area contributed by atoms with E-state index in [1.807, 2.05) is 0 Å². The van der Waals surface area contributed by atoms with Gasteiger partial charge in [-0.3, -0.25) is 15.1 Å². The minimum absolute atomic E-state index is 0.221. The number of hydrogen-bond donors (Lipinski definition) is 0. The van der Waals surface area contributed by atoms with Crippen LogP contribution in [-0.2, 0) is 6.54 Å². The Morgan fingerprint density at radius 2 is 1.92 bits per heavy atom. The number of pyridine rings is 1. The smallest absolute Gasteiger partial charge is 0.231 e. The molecule has 1 aromatic rings. The van der Waals surface area contributed by atoms with E-state index in [9.17, 15) is 10.1 Å². The second-order valence-electron chi connectivity index (χ2n) is 2.07. The molecule has 0 spiro atoms. The summed E-state index contributed by atoms with van der Waals surface area (Å²) in [5.74, 6) is 0. The summed E-state index contributed by atoms with van der Waals surface area (Å²) in [5.41, 5.74) is 0.304. The fourth-order valence-electron chi connectivity index (χ4n) is 0.718. The maximum Gasteiger partial charge on any atom is 0.231 e. The SMILES string of the molecule is O=[N+]([O-])Cc1c(Cl)cncc1Cl. The summed E-state index contributed by atoms with van der Waals surface area (Å²) in [6.07, 6.45) is 2.65. The summed E-state index contributed by atoms with van der Waals surface area (Å²) in [7, 11) is 0. The molecule has 0 unspecified atom stereocenters. The van der Waals surface area contributed by atoms with Gasteiger partial charge in [0.2, 0.25) is 6.54 Å². The Kier molecular flexibility index (Phi) is 2.83. The molecule has 0 saturated carbocycles. The molecule has 0 aliphatic carbocycles. The van der Waals surface area contributed by atoms with Crippen LogP contribution in [-0.4, -0.2) is 9.91 Å². The quantitative estimate of drug-likeness (QED) is 0.551. The maximum absolute atomic E-state index is 10.1. The van der Waals surface area contributed by atoms with Crippen molar-refractivity contribution in [3.05, 3.63) is 38.1 Å². The second kappa shape index (κ2) is 3.69. The first-order chi connectivity index (χ1) is 5.61. The molecule has 0 aliphatic heterocycles. The highest BCUT2D eigenvalue weighted by Gasteiger charge is 2.11. The first kappa shape index (κ1) is 9.22. The molecule has 0 amide bonds. The molecule has 0 fully saturated rings. The zero-order valence-electron chi connectivity index (χ0n) is 5.83. The highest BCUT2D eigenvalue weighted by Crippen LogP contribution is 2.22. The fourth-order valence-corrected chi connectivity index (χ4v) is 1.20. The molecule has 0 N–H and O–H groups in total. The van der Waals surface area contributed by atoms with Gasteiger partial charge in [-0.05, 0) is 0 Å². The van der Waals surface area contributed by atoms with E-state index in [0.717, 1.165) is 0 Å². The normalized spacial score (nSPS) is 9.83. The zero-order valence-corrected chi connectivity index (χ0v) is 7.34. The van der Waals surface area contributed by atoms with E-state index in [0.29, 0.717) is 5.56 Å². The van der Waals surface area contributed by atoms with Crippen LogP contribution in [0.4, 0.5) is 0 Å². The Morgan fingerprint density at radius 3 is 2.33 bits per heavy atom. The third-order valence-corrected chi connectivity index (χ3v) is 1.89. The van der Waals surface area contributed by atoms with Gasteiger partial charge < -0.3 is 0 Å². The van der Waals surface area contributed by atoms with Crippen LogP contribution >= 0.6 is 23.2 Å². The molecule has 0 radical (unpaired) electrons. The van der Waals surface area contributed by atoms with E-state index < -0.39 is 4.92 Å². The lowest BCUT2D eigenvalue weighted by Gasteiger charge is -1.99. The van der Waals surface area contributed by atoms with Crippen LogP contribution in [0.3, 0.4) is 0 Å². The van der Waals surface area contributed by atoms with Crippen LogP contribution in [0, 0.1) is 10.1 Å². The van der Waals surface area contributed by atoms with Crippen LogP contribution in [0.15, 0.2) is 12.4 Å². The first-order valence-corrected chi connectivity index (χ1v) is 3.76. The molecule has 1 rings (SSSR count). The molecule has 0 aliphatic rings. The van der Waals surface area contributed by atoms with E-state index >= 15 is 0 Å². The number of hydrogen-bond acceptors (Lipinski definition) is 3. The number of rotatable bonds is 2. The average molecular weight is 207 g/mol. The van der Waals surface area contributed by atoms with Gasteiger partial charge in [0.05, 0.1) is 15.6 Å². The summed E-state index contributed by atoms with van der Waals surface area (Å²) in [5, 5.41) is 10.6. The van der Waals surface area contributed by atoms with Crippen molar-refractivity contribution in [2.45, 2.75) is 6.54 Å². The van der Waals surface area contributed by atoms with Gasteiger partial charge in [0.1, 0.15) is 0 Å². The Balaban J connectivity index is 3.04. The monoisotopic (exact) mass is 206 g/mol. The number of halogens is 2. The van der Waals surface area contributed by atoms with Gasteiger partial charge in [-0.2, -0.15) is 0 Å². The van der Waals surface area contributed by atoms with E-state index in [-0.39, 0.29) is 16.6 Å². The summed E-state index contributed by atoms with van der Waals surface area (Å²) in [4.78, 5) is 13.3. The summed E-state index contributed by atoms with van der Waals surface area (Å²) in [6, 6.07) is 0. The predicted octanol–water partition coefficient (Wildman–Crippen LogP) is 2.17. The van der Waals surface area contributed by atoms with Crippen molar-refractivity contribution in [2.24, 2.45) is 0 Å². The van der Waals surface area contributed by atoms with Crippen LogP contribution in [0.5, 0.6) is 0 Å². The molecule has 1 aromatic heterocycles. The average Bonchev–Trinajstić information content (AvgIpc) is 1.97. The second-order valence-corrected chi connectivity index (χ2v) is 2.89. The minimum Gasteiger partial charge on any atom is -0.264 e. The zero-order chi connectivity index (χ0) is 9.14. The van der Waals surface area contributed by atoms with E-state index in [2.05, 4.69) is 4.98 Å². The molecule has 0 atom stereocenters. The number of aromatic nitrogens is 1. The number of nitro groups is 1. The van der Waals surface area contributed by atoms with Crippen molar-refractivity contribution in [2.75, 3.05) is 0 Å². The molecule has 6 heteroatoms. The van der Waals surface area contributed by atoms with Gasteiger partial charge in [-0.1, -0.05) is 23.2 Å². The van der Waals surface area contributed by atoms with Gasteiger partial charge in [-0.15, -0.1) is 0 Å². The lowest BCUT2D eigenvalue weighted by atomic mass is 10.3. The minimum atomic E-state index is -0.493. The van der Waals surface area contributed by atoms with Crippen molar-refractivity contribution in [3.63, 3.8) is 0 Å². The first-order valence-electron chi connectivity index (χ1n) is 3.01. The van der Waals surface area contributed by atoms with Gasteiger partial charge in [0.15, 0.2) is 0 Å². The standard InChI is InChI=1S/C6H4Cl2N2O2/c7-5-1-9-2-6(8)4(5)3-10(11)12/h1-2H,3H2. The Morgan fingerprint density at radius 1 is 1.42 bits per heavy atom. The summed E-state index contributed by atoms with van der Waals surface area (Å²) >= 11 is 11.2. The third-order valence-electron chi connectivity index (χ3n) is 1.24.